The zero-order valence-corrected chi connectivity index (χ0v) is 17.4. The number of amides is 1. The van der Waals surface area contributed by atoms with Crippen molar-refractivity contribution < 1.29 is 4.79 Å². The second-order valence-corrected chi connectivity index (χ2v) is 8.94. The van der Waals surface area contributed by atoms with Crippen LogP contribution in [0.5, 0.6) is 0 Å². The largest absolute Gasteiger partial charge is 0.368 e. The minimum Gasteiger partial charge on any atom is -0.368 e. The molecule has 1 unspecified atom stereocenters. The van der Waals surface area contributed by atoms with Crippen LogP contribution in [0.2, 0.25) is 0 Å². The summed E-state index contributed by atoms with van der Waals surface area (Å²) in [6.45, 7) is 2.36. The molecular formula is C20H17N3O2S3. The van der Waals surface area contributed by atoms with Crippen LogP contribution in [0.15, 0.2) is 63.2 Å². The van der Waals surface area contributed by atoms with Gasteiger partial charge in [0.2, 0.25) is 5.91 Å². The molecule has 0 aliphatic rings. The Morgan fingerprint density at radius 3 is 2.64 bits per heavy atom. The highest BCUT2D eigenvalue weighted by atomic mass is 32.2. The van der Waals surface area contributed by atoms with Crippen LogP contribution < -0.4 is 11.3 Å². The number of thioether (sulfide) groups is 1. The third-order valence-corrected chi connectivity index (χ3v) is 7.38. The van der Waals surface area contributed by atoms with Crippen LogP contribution in [-0.4, -0.2) is 15.5 Å². The Labute approximate surface area is 173 Å². The molecule has 0 aliphatic heterocycles. The Kier molecular flexibility index (Phi) is 5.34. The molecule has 0 bridgehead atoms. The van der Waals surface area contributed by atoms with Gasteiger partial charge in [-0.15, -0.1) is 22.7 Å². The van der Waals surface area contributed by atoms with Crippen LogP contribution in [-0.2, 0) is 11.3 Å². The fraction of sp³-hybridized carbons (Fsp3) is 0.150. The smallest absolute Gasteiger partial charge is 0.263 e. The molecule has 0 fully saturated rings. The Hall–Kier alpha value is -2.42. The molecule has 1 aromatic carbocycles. The van der Waals surface area contributed by atoms with Crippen LogP contribution in [0.4, 0.5) is 0 Å². The van der Waals surface area contributed by atoms with Gasteiger partial charge in [0.25, 0.3) is 5.56 Å². The molecular weight excluding hydrogens is 410 g/mol. The van der Waals surface area contributed by atoms with Crippen molar-refractivity contribution in [3.63, 3.8) is 0 Å². The molecule has 0 spiro atoms. The van der Waals surface area contributed by atoms with E-state index >= 15 is 0 Å². The molecule has 1 atom stereocenters. The number of benzene rings is 1. The number of nitrogens with zero attached hydrogens (tertiary/aromatic N) is 2. The molecule has 28 heavy (non-hydrogen) atoms. The Bertz CT molecular complexity index is 1180. The number of hydrogen-bond donors (Lipinski definition) is 1. The molecule has 0 radical (unpaired) electrons. The summed E-state index contributed by atoms with van der Waals surface area (Å²) in [5.74, 6) is -0.460. The quantitative estimate of drug-likeness (QED) is 0.362. The van der Waals surface area contributed by atoms with Crippen LogP contribution in [0.1, 0.15) is 17.7 Å². The maximum atomic E-state index is 13.3. The Morgan fingerprint density at radius 1 is 1.21 bits per heavy atom. The number of thiophene rings is 2. The summed E-state index contributed by atoms with van der Waals surface area (Å²) >= 11 is 4.27. The van der Waals surface area contributed by atoms with Gasteiger partial charge in [-0.3, -0.25) is 14.2 Å². The molecule has 0 saturated carbocycles. The van der Waals surface area contributed by atoms with Crippen molar-refractivity contribution in [2.75, 3.05) is 0 Å². The van der Waals surface area contributed by atoms with Crippen molar-refractivity contribution in [1.29, 1.82) is 0 Å². The maximum Gasteiger partial charge on any atom is 0.263 e. The fourth-order valence-corrected chi connectivity index (χ4v) is 5.92. The summed E-state index contributed by atoms with van der Waals surface area (Å²) in [7, 11) is 0. The highest BCUT2D eigenvalue weighted by Crippen LogP contribution is 2.37. The molecule has 2 N–H and O–H groups in total. The summed E-state index contributed by atoms with van der Waals surface area (Å²) < 4.78 is 1.62. The highest BCUT2D eigenvalue weighted by molar-refractivity contribution is 8.00. The van der Waals surface area contributed by atoms with Gasteiger partial charge in [0.05, 0.1) is 5.39 Å². The lowest BCUT2D eigenvalue weighted by Gasteiger charge is -2.16. The summed E-state index contributed by atoms with van der Waals surface area (Å²) in [6, 6.07) is 13.3. The van der Waals surface area contributed by atoms with Gasteiger partial charge in [0.1, 0.15) is 10.1 Å². The van der Waals surface area contributed by atoms with Gasteiger partial charge in [-0.1, -0.05) is 48.2 Å². The van der Waals surface area contributed by atoms with E-state index in [1.807, 2.05) is 60.1 Å². The highest BCUT2D eigenvalue weighted by Gasteiger charge is 2.24. The van der Waals surface area contributed by atoms with Gasteiger partial charge in [-0.25, -0.2) is 4.98 Å². The van der Waals surface area contributed by atoms with Gasteiger partial charge in [-0.05, 0) is 23.9 Å². The van der Waals surface area contributed by atoms with E-state index in [0.717, 1.165) is 16.0 Å². The van der Waals surface area contributed by atoms with E-state index in [1.165, 1.54) is 23.1 Å². The number of hydrogen-bond acceptors (Lipinski definition) is 6. The minimum atomic E-state index is -0.611. The number of fused-ring (bicyclic) bond motifs is 1. The molecule has 3 heterocycles. The average Bonchev–Trinajstić information content (AvgIpc) is 3.36. The number of carbonyl (C=O) groups excluding carboxylic acids is 1. The van der Waals surface area contributed by atoms with E-state index in [9.17, 15) is 9.59 Å². The Morgan fingerprint density at radius 2 is 2.00 bits per heavy atom. The first-order chi connectivity index (χ1) is 13.6. The third kappa shape index (κ3) is 3.39. The summed E-state index contributed by atoms with van der Waals surface area (Å²) in [4.78, 5) is 31.8. The van der Waals surface area contributed by atoms with Crippen molar-refractivity contribution >= 4 is 50.6 Å². The van der Waals surface area contributed by atoms with E-state index in [2.05, 4.69) is 0 Å². The average molecular weight is 428 g/mol. The zero-order valence-electron chi connectivity index (χ0n) is 15.0. The van der Waals surface area contributed by atoms with Gasteiger partial charge in [0.15, 0.2) is 5.16 Å². The minimum absolute atomic E-state index is 0.0871. The lowest BCUT2D eigenvalue weighted by molar-refractivity contribution is -0.117. The number of rotatable bonds is 6. The lowest BCUT2D eigenvalue weighted by atomic mass is 10.1. The van der Waals surface area contributed by atoms with E-state index in [4.69, 9.17) is 10.7 Å². The van der Waals surface area contributed by atoms with E-state index < -0.39 is 11.2 Å². The molecule has 0 aliphatic carbocycles. The topological polar surface area (TPSA) is 78.0 Å². The van der Waals surface area contributed by atoms with Crippen molar-refractivity contribution in [3.05, 3.63) is 69.1 Å². The van der Waals surface area contributed by atoms with Crippen molar-refractivity contribution in [3.8, 4) is 10.4 Å². The van der Waals surface area contributed by atoms with Crippen LogP contribution in [0.25, 0.3) is 20.7 Å². The summed E-state index contributed by atoms with van der Waals surface area (Å²) in [5.41, 5.74) is 7.28. The monoisotopic (exact) mass is 427 g/mol. The zero-order chi connectivity index (χ0) is 19.7. The predicted octanol–water partition coefficient (Wildman–Crippen LogP) is 4.53. The van der Waals surface area contributed by atoms with Crippen molar-refractivity contribution in [2.45, 2.75) is 23.9 Å². The van der Waals surface area contributed by atoms with Crippen molar-refractivity contribution in [2.24, 2.45) is 5.73 Å². The normalized spacial score (nSPS) is 12.3. The molecule has 8 heteroatoms. The molecule has 0 saturated heterocycles. The maximum absolute atomic E-state index is 13.3. The number of primary amides is 1. The van der Waals surface area contributed by atoms with Crippen LogP contribution >= 0.6 is 34.4 Å². The van der Waals surface area contributed by atoms with Gasteiger partial charge in [-0.2, -0.15) is 0 Å². The fourth-order valence-electron chi connectivity index (χ4n) is 3.01. The van der Waals surface area contributed by atoms with Gasteiger partial charge >= 0.3 is 0 Å². The Balaban J connectivity index is 1.84. The molecule has 4 aromatic rings. The second kappa shape index (κ2) is 7.90. The molecule has 4 rings (SSSR count). The summed E-state index contributed by atoms with van der Waals surface area (Å²) in [6.07, 6.45) is 0. The molecule has 142 valence electrons. The number of nitrogens with two attached hydrogens (primary N) is 1. The van der Waals surface area contributed by atoms with Gasteiger partial charge in [0, 0.05) is 22.4 Å². The number of aromatic nitrogens is 2. The third-order valence-electron chi connectivity index (χ3n) is 4.35. The molecule has 5 nitrogen and oxygen atoms in total. The standard InChI is InChI=1S/C20H17N3O2S3/c1-2-23-19(25)15-13(14-9-6-10-26-14)11-27-18(15)22-20(23)28-16(17(21)24)12-7-4-3-5-8-12/h3-11,16H,2H2,1H3,(H2,21,24). The first-order valence-corrected chi connectivity index (χ1v) is 11.3. The van der Waals surface area contributed by atoms with E-state index in [-0.39, 0.29) is 5.56 Å². The van der Waals surface area contributed by atoms with Crippen LogP contribution in [0, 0.1) is 0 Å². The first-order valence-electron chi connectivity index (χ1n) is 8.67. The predicted molar refractivity (Wildman–Crippen MR) is 117 cm³/mol. The first kappa shape index (κ1) is 18.9. The van der Waals surface area contributed by atoms with E-state index in [1.54, 1.807) is 15.9 Å². The number of carbonyl (C=O) groups is 1. The molecule has 3 aromatic heterocycles. The van der Waals surface area contributed by atoms with Gasteiger partial charge < -0.3 is 5.73 Å². The second-order valence-electron chi connectivity index (χ2n) is 6.06. The molecule has 1 amide bonds. The summed E-state index contributed by atoms with van der Waals surface area (Å²) in [5, 5.41) is 4.50. The lowest BCUT2D eigenvalue weighted by Crippen LogP contribution is -2.24. The van der Waals surface area contributed by atoms with Crippen LogP contribution in [0.3, 0.4) is 0 Å². The van der Waals surface area contributed by atoms with Crippen molar-refractivity contribution in [1.82, 2.24) is 9.55 Å². The SMILES string of the molecule is CCn1c(SC(C(N)=O)c2ccccc2)nc2scc(-c3cccs3)c2c1=O. The van der Waals surface area contributed by atoms with E-state index in [0.29, 0.717) is 21.9 Å².